The third-order valence-corrected chi connectivity index (χ3v) is 3.95. The normalized spacial score (nSPS) is 10.2. The summed E-state index contributed by atoms with van der Waals surface area (Å²) in [5.74, 6) is -2.47. The molecule has 2 N–H and O–H groups in total. The third kappa shape index (κ3) is 3.48. The van der Waals surface area contributed by atoms with Crippen molar-refractivity contribution in [1.29, 1.82) is 0 Å². The molecule has 2 rings (SSSR count). The van der Waals surface area contributed by atoms with Gasteiger partial charge in [0.25, 0.3) is 5.91 Å². The highest BCUT2D eigenvalue weighted by atomic mass is 79.9. The Morgan fingerprint density at radius 3 is 2.43 bits per heavy atom. The second-order valence-corrected chi connectivity index (χ2v) is 5.76. The van der Waals surface area contributed by atoms with Gasteiger partial charge in [0.1, 0.15) is 5.82 Å². The van der Waals surface area contributed by atoms with Crippen LogP contribution in [-0.2, 0) is 0 Å². The summed E-state index contributed by atoms with van der Waals surface area (Å²) < 4.78 is 14.4. The van der Waals surface area contributed by atoms with Crippen molar-refractivity contribution in [1.82, 2.24) is 0 Å². The highest BCUT2D eigenvalue weighted by Gasteiger charge is 2.15. The summed E-state index contributed by atoms with van der Waals surface area (Å²) in [6.45, 7) is 0. The van der Waals surface area contributed by atoms with Crippen LogP contribution < -0.4 is 5.32 Å². The Morgan fingerprint density at radius 2 is 1.76 bits per heavy atom. The molecule has 0 aliphatic heterocycles. The van der Waals surface area contributed by atoms with Crippen molar-refractivity contribution >= 4 is 49.4 Å². The maximum Gasteiger partial charge on any atom is 0.336 e. The van der Waals surface area contributed by atoms with E-state index in [1.54, 1.807) is 0 Å². The summed E-state index contributed by atoms with van der Waals surface area (Å²) in [5, 5.41) is 11.5. The fourth-order valence-electron chi connectivity index (χ4n) is 1.64. The topological polar surface area (TPSA) is 66.4 Å². The first-order chi connectivity index (χ1) is 9.90. The number of carbonyl (C=O) groups excluding carboxylic acids is 1. The van der Waals surface area contributed by atoms with E-state index in [-0.39, 0.29) is 21.3 Å². The number of aromatic carboxylic acids is 1. The summed E-state index contributed by atoms with van der Waals surface area (Å²) in [5.41, 5.74) is 0.131. The largest absolute Gasteiger partial charge is 0.478 e. The maximum atomic E-state index is 13.8. The van der Waals surface area contributed by atoms with Crippen LogP contribution in [0.4, 0.5) is 10.1 Å². The van der Waals surface area contributed by atoms with E-state index in [1.165, 1.54) is 36.4 Å². The average Bonchev–Trinajstić information content (AvgIpc) is 2.43. The molecular formula is C14H8Br2FNO3. The predicted molar refractivity (Wildman–Crippen MR) is 83.2 cm³/mol. The van der Waals surface area contributed by atoms with Gasteiger partial charge in [-0.2, -0.15) is 0 Å². The number of carbonyl (C=O) groups is 2. The zero-order chi connectivity index (χ0) is 15.6. The highest BCUT2D eigenvalue weighted by molar-refractivity contribution is 9.10. The lowest BCUT2D eigenvalue weighted by Gasteiger charge is -2.08. The van der Waals surface area contributed by atoms with Crippen LogP contribution in [0.15, 0.2) is 45.3 Å². The molecule has 0 aliphatic rings. The molecule has 4 nitrogen and oxygen atoms in total. The number of nitrogens with one attached hydrogen (secondary N) is 1. The van der Waals surface area contributed by atoms with E-state index in [1.807, 2.05) is 0 Å². The second-order valence-electron chi connectivity index (χ2n) is 4.06. The van der Waals surface area contributed by atoms with E-state index in [9.17, 15) is 14.0 Å². The number of hydrogen-bond acceptors (Lipinski definition) is 2. The number of carboxylic acids is 1. The van der Waals surface area contributed by atoms with Gasteiger partial charge in [0.05, 0.1) is 15.6 Å². The SMILES string of the molecule is O=C(O)c1cc(NC(=O)c2cccc(Br)c2F)ccc1Br. The molecule has 0 bridgehead atoms. The van der Waals surface area contributed by atoms with Gasteiger partial charge in [0, 0.05) is 10.2 Å². The van der Waals surface area contributed by atoms with Gasteiger partial charge in [-0.05, 0) is 62.2 Å². The van der Waals surface area contributed by atoms with Gasteiger partial charge >= 0.3 is 5.97 Å². The van der Waals surface area contributed by atoms with Crippen molar-refractivity contribution in [3.05, 3.63) is 62.3 Å². The summed E-state index contributed by atoms with van der Waals surface area (Å²) in [6, 6.07) is 8.66. The molecule has 21 heavy (non-hydrogen) atoms. The Hall–Kier alpha value is -1.73. The van der Waals surface area contributed by atoms with Crippen molar-refractivity contribution in [3.63, 3.8) is 0 Å². The number of amides is 1. The number of halogens is 3. The molecule has 0 aromatic heterocycles. The smallest absolute Gasteiger partial charge is 0.336 e. The van der Waals surface area contributed by atoms with Crippen LogP contribution in [0.1, 0.15) is 20.7 Å². The van der Waals surface area contributed by atoms with Gasteiger partial charge in [-0.1, -0.05) is 6.07 Å². The Bertz CT molecular complexity index is 734. The first kappa shape index (κ1) is 15.7. The van der Waals surface area contributed by atoms with Gasteiger partial charge in [-0.3, -0.25) is 4.79 Å². The second kappa shape index (κ2) is 6.36. The predicted octanol–water partition coefficient (Wildman–Crippen LogP) is 4.30. The molecule has 0 saturated carbocycles. The van der Waals surface area contributed by atoms with E-state index in [0.29, 0.717) is 4.47 Å². The molecule has 0 fully saturated rings. The zero-order valence-corrected chi connectivity index (χ0v) is 13.5. The van der Waals surface area contributed by atoms with Crippen molar-refractivity contribution in [3.8, 4) is 0 Å². The molecule has 0 saturated heterocycles. The molecule has 0 aliphatic carbocycles. The molecule has 7 heteroatoms. The minimum Gasteiger partial charge on any atom is -0.478 e. The molecule has 108 valence electrons. The number of hydrogen-bond donors (Lipinski definition) is 2. The summed E-state index contributed by atoms with van der Waals surface area (Å²) in [6.07, 6.45) is 0. The van der Waals surface area contributed by atoms with Crippen molar-refractivity contribution < 1.29 is 19.1 Å². The van der Waals surface area contributed by atoms with Crippen LogP contribution >= 0.6 is 31.9 Å². The molecule has 0 radical (unpaired) electrons. The zero-order valence-electron chi connectivity index (χ0n) is 10.4. The average molecular weight is 417 g/mol. The molecule has 2 aromatic carbocycles. The summed E-state index contributed by atoms with van der Waals surface area (Å²) >= 11 is 6.10. The third-order valence-electron chi connectivity index (χ3n) is 2.65. The standard InChI is InChI=1S/C14H8Br2FNO3/c15-10-5-4-7(6-9(10)14(20)21)18-13(19)8-2-1-3-11(16)12(8)17/h1-6H,(H,18,19)(H,20,21). The number of carboxylic acid groups (broad SMARTS) is 1. The van der Waals surface area contributed by atoms with Gasteiger partial charge < -0.3 is 10.4 Å². The van der Waals surface area contributed by atoms with E-state index in [2.05, 4.69) is 37.2 Å². The maximum absolute atomic E-state index is 13.8. The van der Waals surface area contributed by atoms with Crippen LogP contribution in [0.3, 0.4) is 0 Å². The first-order valence-corrected chi connectivity index (χ1v) is 7.27. The Labute approximate surface area is 136 Å². The number of benzene rings is 2. The monoisotopic (exact) mass is 415 g/mol. The molecule has 0 atom stereocenters. The van der Waals surface area contributed by atoms with Gasteiger partial charge in [0.2, 0.25) is 0 Å². The number of rotatable bonds is 3. The number of anilines is 1. The van der Waals surface area contributed by atoms with Crippen LogP contribution in [-0.4, -0.2) is 17.0 Å². The molecule has 2 aromatic rings. The Morgan fingerprint density at radius 1 is 1.05 bits per heavy atom. The van der Waals surface area contributed by atoms with E-state index < -0.39 is 17.7 Å². The van der Waals surface area contributed by atoms with E-state index in [4.69, 9.17) is 5.11 Å². The van der Waals surface area contributed by atoms with E-state index in [0.717, 1.165) is 0 Å². The van der Waals surface area contributed by atoms with Crippen molar-refractivity contribution in [2.45, 2.75) is 0 Å². The Kier molecular flexibility index (Phi) is 4.74. The van der Waals surface area contributed by atoms with Gasteiger partial charge in [0.15, 0.2) is 0 Å². The minimum atomic E-state index is -1.13. The molecule has 1 amide bonds. The minimum absolute atomic E-state index is 0.00233. The summed E-state index contributed by atoms with van der Waals surface area (Å²) in [4.78, 5) is 23.0. The lowest BCUT2D eigenvalue weighted by Crippen LogP contribution is -2.14. The van der Waals surface area contributed by atoms with Gasteiger partial charge in [-0.15, -0.1) is 0 Å². The van der Waals surface area contributed by atoms with E-state index >= 15 is 0 Å². The molecular weight excluding hydrogens is 409 g/mol. The van der Waals surface area contributed by atoms with Crippen LogP contribution in [0.5, 0.6) is 0 Å². The van der Waals surface area contributed by atoms with Crippen LogP contribution in [0.2, 0.25) is 0 Å². The molecule has 0 heterocycles. The van der Waals surface area contributed by atoms with Crippen molar-refractivity contribution in [2.24, 2.45) is 0 Å². The lowest BCUT2D eigenvalue weighted by atomic mass is 10.1. The molecule has 0 spiro atoms. The van der Waals surface area contributed by atoms with Crippen LogP contribution in [0, 0.1) is 5.82 Å². The van der Waals surface area contributed by atoms with Crippen LogP contribution in [0.25, 0.3) is 0 Å². The quantitative estimate of drug-likeness (QED) is 0.783. The summed E-state index contributed by atoms with van der Waals surface area (Å²) in [7, 11) is 0. The lowest BCUT2D eigenvalue weighted by molar-refractivity contribution is 0.0695. The fourth-order valence-corrected chi connectivity index (χ4v) is 2.43. The molecule has 0 unspecified atom stereocenters. The highest BCUT2D eigenvalue weighted by Crippen LogP contribution is 2.23. The Balaban J connectivity index is 2.30. The van der Waals surface area contributed by atoms with Gasteiger partial charge in [-0.25, -0.2) is 9.18 Å². The van der Waals surface area contributed by atoms with Crippen molar-refractivity contribution in [2.75, 3.05) is 5.32 Å². The first-order valence-electron chi connectivity index (χ1n) is 5.68. The fraction of sp³-hybridized carbons (Fsp3) is 0.